The van der Waals surface area contributed by atoms with Crippen molar-refractivity contribution in [2.24, 2.45) is 0 Å². The van der Waals surface area contributed by atoms with Crippen LogP contribution in [0.25, 0.3) is 0 Å². The molecule has 0 spiro atoms. The van der Waals surface area contributed by atoms with E-state index in [0.29, 0.717) is 6.04 Å². The van der Waals surface area contributed by atoms with Crippen molar-refractivity contribution in [1.82, 2.24) is 10.3 Å². The molecule has 0 saturated heterocycles. The Kier molecular flexibility index (Phi) is 1.69. The zero-order chi connectivity index (χ0) is 7.84. The molecule has 0 aromatic carbocycles. The molecule has 0 saturated carbocycles. The van der Waals surface area contributed by atoms with E-state index in [1.165, 1.54) is 11.3 Å². The summed E-state index contributed by atoms with van der Waals surface area (Å²) in [6.45, 7) is 3.08. The molecular weight excluding hydrogens is 204 g/mol. The summed E-state index contributed by atoms with van der Waals surface area (Å²) in [4.78, 5) is 4.33. The number of hydrogen-bond acceptors (Lipinski definition) is 2. The molecule has 2 rings (SSSR count). The number of rotatable bonds is 0. The van der Waals surface area contributed by atoms with Gasteiger partial charge in [-0.3, -0.25) is 4.98 Å². The Hall–Kier alpha value is -0.410. The summed E-state index contributed by atoms with van der Waals surface area (Å²) in [5, 5.41) is 3.33. The summed E-state index contributed by atoms with van der Waals surface area (Å²) < 4.78 is 1.06. The van der Waals surface area contributed by atoms with Crippen molar-refractivity contribution < 1.29 is 0 Å². The predicted octanol–water partition coefficient (Wildman–Crippen LogP) is 2.01. The van der Waals surface area contributed by atoms with Crippen LogP contribution in [0.15, 0.2) is 16.7 Å². The number of halogens is 1. The Balaban J connectivity index is 2.50. The second-order valence-electron chi connectivity index (χ2n) is 2.80. The molecule has 2 heterocycles. The van der Waals surface area contributed by atoms with Gasteiger partial charge >= 0.3 is 0 Å². The minimum Gasteiger partial charge on any atom is -0.305 e. The van der Waals surface area contributed by atoms with Crippen molar-refractivity contribution in [3.8, 4) is 0 Å². The number of nitrogens with one attached hydrogen (secondary N) is 1. The van der Waals surface area contributed by atoms with Gasteiger partial charge in [0.15, 0.2) is 0 Å². The molecule has 0 fully saturated rings. The van der Waals surface area contributed by atoms with Gasteiger partial charge in [-0.1, -0.05) is 0 Å². The molecule has 1 N–H and O–H groups in total. The van der Waals surface area contributed by atoms with Crippen LogP contribution in [0.3, 0.4) is 0 Å². The van der Waals surface area contributed by atoms with E-state index >= 15 is 0 Å². The summed E-state index contributed by atoms with van der Waals surface area (Å²) in [6, 6.07) is 2.54. The van der Waals surface area contributed by atoms with Crippen molar-refractivity contribution in [3.05, 3.63) is 28.0 Å². The maximum atomic E-state index is 4.33. The Morgan fingerprint density at radius 3 is 3.36 bits per heavy atom. The average Bonchev–Trinajstić information content (AvgIpc) is 2.32. The fraction of sp³-hybridized carbons (Fsp3) is 0.375. The number of pyridine rings is 1. The Labute approximate surface area is 74.2 Å². The summed E-state index contributed by atoms with van der Waals surface area (Å²) in [7, 11) is 0. The van der Waals surface area contributed by atoms with E-state index in [4.69, 9.17) is 0 Å². The summed E-state index contributed by atoms with van der Waals surface area (Å²) in [6.07, 6.45) is 1.85. The van der Waals surface area contributed by atoms with Crippen LogP contribution >= 0.6 is 15.9 Å². The number of fused-ring (bicyclic) bond motifs is 1. The Morgan fingerprint density at radius 2 is 2.55 bits per heavy atom. The number of aromatic nitrogens is 1. The van der Waals surface area contributed by atoms with Gasteiger partial charge in [0.2, 0.25) is 0 Å². The van der Waals surface area contributed by atoms with E-state index in [9.17, 15) is 0 Å². The van der Waals surface area contributed by atoms with E-state index < -0.39 is 0 Å². The third-order valence-corrected chi connectivity index (χ3v) is 2.41. The summed E-state index contributed by atoms with van der Waals surface area (Å²) >= 11 is 3.39. The van der Waals surface area contributed by atoms with Gasteiger partial charge in [0.1, 0.15) is 0 Å². The molecule has 0 amide bonds. The molecule has 1 atom stereocenters. The standard InChI is InChI=1S/C8H9BrN2/c1-5-8-6(3-10-5)2-7(9)4-11-8/h2,4-5,10H,3H2,1H3. The van der Waals surface area contributed by atoms with E-state index in [2.05, 4.69) is 39.2 Å². The Bertz CT molecular complexity index is 285. The van der Waals surface area contributed by atoms with Gasteiger partial charge in [-0.05, 0) is 34.5 Å². The Morgan fingerprint density at radius 1 is 1.73 bits per heavy atom. The molecule has 1 aromatic heterocycles. The molecule has 0 radical (unpaired) electrons. The monoisotopic (exact) mass is 212 g/mol. The lowest BCUT2D eigenvalue weighted by atomic mass is 10.2. The molecule has 0 aliphatic carbocycles. The van der Waals surface area contributed by atoms with E-state index in [-0.39, 0.29) is 0 Å². The van der Waals surface area contributed by atoms with Crippen molar-refractivity contribution in [2.75, 3.05) is 0 Å². The van der Waals surface area contributed by atoms with Crippen LogP contribution in [-0.2, 0) is 6.54 Å². The largest absolute Gasteiger partial charge is 0.305 e. The zero-order valence-corrected chi connectivity index (χ0v) is 7.85. The molecule has 11 heavy (non-hydrogen) atoms. The summed E-state index contributed by atoms with van der Waals surface area (Å²) in [5.41, 5.74) is 2.50. The summed E-state index contributed by atoms with van der Waals surface area (Å²) in [5.74, 6) is 0. The third kappa shape index (κ3) is 1.19. The van der Waals surface area contributed by atoms with Crippen LogP contribution in [0.4, 0.5) is 0 Å². The van der Waals surface area contributed by atoms with Crippen LogP contribution < -0.4 is 5.32 Å². The smallest absolute Gasteiger partial charge is 0.0616 e. The normalized spacial score (nSPS) is 21.8. The second kappa shape index (κ2) is 2.57. The highest BCUT2D eigenvalue weighted by atomic mass is 79.9. The van der Waals surface area contributed by atoms with Gasteiger partial charge in [0, 0.05) is 23.3 Å². The van der Waals surface area contributed by atoms with Crippen LogP contribution in [0.5, 0.6) is 0 Å². The van der Waals surface area contributed by atoms with Gasteiger partial charge in [-0.25, -0.2) is 0 Å². The molecular formula is C8H9BrN2. The number of hydrogen-bond donors (Lipinski definition) is 1. The maximum absolute atomic E-state index is 4.33. The first-order valence-electron chi connectivity index (χ1n) is 3.65. The lowest BCUT2D eigenvalue weighted by Gasteiger charge is -2.01. The first-order chi connectivity index (χ1) is 5.27. The topological polar surface area (TPSA) is 24.9 Å². The average molecular weight is 213 g/mol. The van der Waals surface area contributed by atoms with Crippen LogP contribution in [0.2, 0.25) is 0 Å². The van der Waals surface area contributed by atoms with Crippen molar-refractivity contribution in [3.63, 3.8) is 0 Å². The van der Waals surface area contributed by atoms with Gasteiger partial charge in [0.25, 0.3) is 0 Å². The SMILES string of the molecule is CC1NCc2cc(Br)cnc21. The first kappa shape index (κ1) is 7.25. The lowest BCUT2D eigenvalue weighted by molar-refractivity contribution is 0.623. The van der Waals surface area contributed by atoms with Crippen molar-refractivity contribution >= 4 is 15.9 Å². The van der Waals surface area contributed by atoms with Gasteiger partial charge in [-0.2, -0.15) is 0 Å². The highest BCUT2D eigenvalue weighted by Gasteiger charge is 2.18. The molecule has 3 heteroatoms. The van der Waals surface area contributed by atoms with Crippen LogP contribution in [-0.4, -0.2) is 4.98 Å². The lowest BCUT2D eigenvalue weighted by Crippen LogP contribution is -2.07. The zero-order valence-electron chi connectivity index (χ0n) is 6.26. The minimum atomic E-state index is 0.415. The number of nitrogens with zero attached hydrogens (tertiary/aromatic N) is 1. The highest BCUT2D eigenvalue weighted by molar-refractivity contribution is 9.10. The predicted molar refractivity (Wildman–Crippen MR) is 47.2 cm³/mol. The van der Waals surface area contributed by atoms with Crippen molar-refractivity contribution in [1.29, 1.82) is 0 Å². The second-order valence-corrected chi connectivity index (χ2v) is 3.72. The molecule has 58 valence electrons. The molecule has 1 aliphatic rings. The quantitative estimate of drug-likeness (QED) is 0.712. The van der Waals surface area contributed by atoms with Gasteiger partial charge in [-0.15, -0.1) is 0 Å². The van der Waals surface area contributed by atoms with Gasteiger partial charge < -0.3 is 5.32 Å². The third-order valence-electron chi connectivity index (χ3n) is 1.98. The fourth-order valence-electron chi connectivity index (χ4n) is 1.38. The van der Waals surface area contributed by atoms with Crippen LogP contribution in [0, 0.1) is 0 Å². The maximum Gasteiger partial charge on any atom is 0.0616 e. The van der Waals surface area contributed by atoms with Crippen LogP contribution in [0.1, 0.15) is 24.2 Å². The molecule has 1 unspecified atom stereocenters. The molecule has 1 aromatic rings. The fourth-order valence-corrected chi connectivity index (χ4v) is 1.76. The molecule has 2 nitrogen and oxygen atoms in total. The first-order valence-corrected chi connectivity index (χ1v) is 4.44. The molecule has 1 aliphatic heterocycles. The highest BCUT2D eigenvalue weighted by Crippen LogP contribution is 2.24. The van der Waals surface area contributed by atoms with Gasteiger partial charge in [0.05, 0.1) is 5.69 Å². The van der Waals surface area contributed by atoms with E-state index in [1.807, 2.05) is 6.20 Å². The molecule has 0 bridgehead atoms. The van der Waals surface area contributed by atoms with Crippen molar-refractivity contribution in [2.45, 2.75) is 19.5 Å². The van der Waals surface area contributed by atoms with E-state index in [1.54, 1.807) is 0 Å². The minimum absolute atomic E-state index is 0.415. The van der Waals surface area contributed by atoms with E-state index in [0.717, 1.165) is 11.0 Å².